The Balaban J connectivity index is 2.16. The number of amides is 1. The van der Waals surface area contributed by atoms with Crippen molar-refractivity contribution in [2.75, 3.05) is 21.3 Å². The molecular formula is C18H25N3O4. The summed E-state index contributed by atoms with van der Waals surface area (Å²) in [5.74, 6) is 1.43. The Morgan fingerprint density at radius 1 is 1.20 bits per heavy atom. The largest absolute Gasteiger partial charge is 0.493 e. The van der Waals surface area contributed by atoms with Crippen molar-refractivity contribution in [2.45, 2.75) is 26.3 Å². The van der Waals surface area contributed by atoms with Crippen LogP contribution in [0.25, 0.3) is 0 Å². The lowest BCUT2D eigenvalue weighted by atomic mass is 10.1. The minimum Gasteiger partial charge on any atom is -0.493 e. The van der Waals surface area contributed by atoms with Crippen LogP contribution >= 0.6 is 0 Å². The van der Waals surface area contributed by atoms with Gasteiger partial charge >= 0.3 is 0 Å². The van der Waals surface area contributed by atoms with Gasteiger partial charge in [-0.25, -0.2) is 0 Å². The highest BCUT2D eigenvalue weighted by Crippen LogP contribution is 2.39. The van der Waals surface area contributed by atoms with Gasteiger partial charge in [-0.1, -0.05) is 6.07 Å². The lowest BCUT2D eigenvalue weighted by Crippen LogP contribution is -2.28. The molecule has 0 bridgehead atoms. The first-order valence-corrected chi connectivity index (χ1v) is 7.98. The van der Waals surface area contributed by atoms with Crippen LogP contribution in [0.4, 0.5) is 0 Å². The maximum absolute atomic E-state index is 12.5. The lowest BCUT2D eigenvalue weighted by molar-refractivity contribution is -0.121. The zero-order valence-electron chi connectivity index (χ0n) is 15.5. The first kappa shape index (κ1) is 18.6. The van der Waals surface area contributed by atoms with Gasteiger partial charge in [-0.3, -0.25) is 9.48 Å². The van der Waals surface area contributed by atoms with Gasteiger partial charge in [0.2, 0.25) is 11.7 Å². The second kappa shape index (κ2) is 7.92. The van der Waals surface area contributed by atoms with Crippen LogP contribution in [0.1, 0.15) is 29.8 Å². The molecule has 1 aromatic carbocycles. The monoisotopic (exact) mass is 347 g/mol. The number of aryl methyl sites for hydroxylation is 1. The molecule has 7 heteroatoms. The SMILES string of the molecule is COc1ccc(CC(=O)NC(C)c2cnn(C)c2C)c(OC)c1OC. The molecule has 0 spiro atoms. The molecule has 1 heterocycles. The number of methoxy groups -OCH3 is 3. The van der Waals surface area contributed by atoms with Crippen LogP contribution in [0.15, 0.2) is 18.3 Å². The highest BCUT2D eigenvalue weighted by atomic mass is 16.5. The molecular weight excluding hydrogens is 322 g/mol. The molecule has 0 aliphatic carbocycles. The molecule has 25 heavy (non-hydrogen) atoms. The molecule has 0 saturated carbocycles. The Bertz CT molecular complexity index is 755. The second-order valence-corrected chi connectivity index (χ2v) is 5.77. The smallest absolute Gasteiger partial charge is 0.225 e. The molecule has 0 radical (unpaired) electrons. The van der Waals surface area contributed by atoms with Crippen molar-refractivity contribution in [2.24, 2.45) is 7.05 Å². The maximum Gasteiger partial charge on any atom is 0.225 e. The molecule has 1 amide bonds. The van der Waals surface area contributed by atoms with Crippen LogP contribution in [0.5, 0.6) is 17.2 Å². The van der Waals surface area contributed by atoms with Crippen molar-refractivity contribution in [3.05, 3.63) is 35.2 Å². The van der Waals surface area contributed by atoms with Gasteiger partial charge in [-0.15, -0.1) is 0 Å². The van der Waals surface area contributed by atoms with Crippen LogP contribution < -0.4 is 19.5 Å². The standard InChI is InChI=1S/C18H25N3O4/c1-11(14-10-19-21(3)12(14)2)20-16(22)9-13-7-8-15(23-4)18(25-6)17(13)24-5/h7-8,10-11H,9H2,1-6H3,(H,20,22). The quantitative estimate of drug-likeness (QED) is 0.831. The van der Waals surface area contributed by atoms with E-state index in [9.17, 15) is 4.79 Å². The van der Waals surface area contributed by atoms with Crippen LogP contribution in [0.2, 0.25) is 0 Å². The normalized spacial score (nSPS) is 11.8. The Hall–Kier alpha value is -2.70. The minimum absolute atomic E-state index is 0.110. The Kier molecular flexibility index (Phi) is 5.90. The number of nitrogens with zero attached hydrogens (tertiary/aromatic N) is 2. The summed E-state index contributed by atoms with van der Waals surface area (Å²) in [7, 11) is 6.52. The average Bonchev–Trinajstić information content (AvgIpc) is 2.93. The zero-order chi connectivity index (χ0) is 18.6. The van der Waals surface area contributed by atoms with Gasteiger partial charge in [0.15, 0.2) is 11.5 Å². The predicted octanol–water partition coefficient (Wildman–Crippen LogP) is 2.17. The second-order valence-electron chi connectivity index (χ2n) is 5.77. The summed E-state index contributed by atoms with van der Waals surface area (Å²) < 4.78 is 17.8. The summed E-state index contributed by atoms with van der Waals surface area (Å²) in [5, 5.41) is 7.21. The van der Waals surface area contributed by atoms with E-state index < -0.39 is 0 Å². The first-order chi connectivity index (χ1) is 11.9. The number of benzene rings is 1. The molecule has 1 aromatic heterocycles. The van der Waals surface area contributed by atoms with Gasteiger partial charge in [0.1, 0.15) is 0 Å². The van der Waals surface area contributed by atoms with Gasteiger partial charge < -0.3 is 19.5 Å². The van der Waals surface area contributed by atoms with Gasteiger partial charge in [0.05, 0.1) is 40.0 Å². The fourth-order valence-corrected chi connectivity index (χ4v) is 2.79. The number of aromatic nitrogens is 2. The average molecular weight is 347 g/mol. The van der Waals surface area contributed by atoms with Crippen LogP contribution in [-0.2, 0) is 18.3 Å². The summed E-state index contributed by atoms with van der Waals surface area (Å²) in [4.78, 5) is 12.5. The number of rotatable bonds is 7. The third-order valence-corrected chi connectivity index (χ3v) is 4.25. The maximum atomic E-state index is 12.5. The van der Waals surface area contributed by atoms with Gasteiger partial charge in [0.25, 0.3) is 0 Å². The number of hydrogen-bond acceptors (Lipinski definition) is 5. The van der Waals surface area contributed by atoms with Crippen molar-refractivity contribution in [1.29, 1.82) is 0 Å². The number of hydrogen-bond donors (Lipinski definition) is 1. The highest BCUT2D eigenvalue weighted by molar-refractivity contribution is 5.80. The Morgan fingerprint density at radius 2 is 1.88 bits per heavy atom. The molecule has 1 N–H and O–H groups in total. The molecule has 0 fully saturated rings. The number of ether oxygens (including phenoxy) is 3. The topological polar surface area (TPSA) is 74.6 Å². The molecule has 2 aromatic rings. The van der Waals surface area contributed by atoms with Crippen LogP contribution in [0.3, 0.4) is 0 Å². The fraction of sp³-hybridized carbons (Fsp3) is 0.444. The Labute approximate surface area is 147 Å². The lowest BCUT2D eigenvalue weighted by Gasteiger charge is -2.17. The fourth-order valence-electron chi connectivity index (χ4n) is 2.79. The predicted molar refractivity (Wildman–Crippen MR) is 94.3 cm³/mol. The van der Waals surface area contributed by atoms with Crippen molar-refractivity contribution in [3.63, 3.8) is 0 Å². The van der Waals surface area contributed by atoms with E-state index in [0.717, 1.165) is 16.8 Å². The van der Waals surface area contributed by atoms with Crippen molar-refractivity contribution >= 4 is 5.91 Å². The third-order valence-electron chi connectivity index (χ3n) is 4.25. The van der Waals surface area contributed by atoms with Gasteiger partial charge in [-0.2, -0.15) is 5.10 Å². The summed E-state index contributed by atoms with van der Waals surface area (Å²) in [6.45, 7) is 3.91. The van der Waals surface area contributed by atoms with Crippen LogP contribution in [0, 0.1) is 6.92 Å². The van der Waals surface area contributed by atoms with E-state index in [1.54, 1.807) is 37.2 Å². The number of carbonyl (C=O) groups is 1. The molecule has 1 atom stereocenters. The van der Waals surface area contributed by atoms with E-state index in [4.69, 9.17) is 14.2 Å². The third kappa shape index (κ3) is 3.87. The summed E-state index contributed by atoms with van der Waals surface area (Å²) in [6, 6.07) is 3.44. The van der Waals surface area contributed by atoms with E-state index in [1.165, 1.54) is 7.11 Å². The van der Waals surface area contributed by atoms with Gasteiger partial charge in [-0.05, 0) is 19.9 Å². The van der Waals surface area contributed by atoms with E-state index in [2.05, 4.69) is 10.4 Å². The summed E-state index contributed by atoms with van der Waals surface area (Å²) in [5.41, 5.74) is 2.75. The zero-order valence-corrected chi connectivity index (χ0v) is 15.5. The van der Waals surface area contributed by atoms with Crippen molar-refractivity contribution in [3.8, 4) is 17.2 Å². The molecule has 0 saturated heterocycles. The van der Waals surface area contributed by atoms with E-state index in [0.29, 0.717) is 17.2 Å². The molecule has 1 unspecified atom stereocenters. The molecule has 2 rings (SSSR count). The number of nitrogens with one attached hydrogen (secondary N) is 1. The molecule has 7 nitrogen and oxygen atoms in total. The van der Waals surface area contributed by atoms with Gasteiger partial charge in [0, 0.05) is 23.9 Å². The van der Waals surface area contributed by atoms with E-state index in [1.807, 2.05) is 20.9 Å². The highest BCUT2D eigenvalue weighted by Gasteiger charge is 2.19. The van der Waals surface area contributed by atoms with Crippen LogP contribution in [-0.4, -0.2) is 37.0 Å². The molecule has 0 aliphatic rings. The van der Waals surface area contributed by atoms with E-state index >= 15 is 0 Å². The summed E-state index contributed by atoms with van der Waals surface area (Å²) in [6.07, 6.45) is 1.95. The van der Waals surface area contributed by atoms with Crippen molar-refractivity contribution < 1.29 is 19.0 Å². The number of carbonyl (C=O) groups excluding carboxylic acids is 1. The molecule has 136 valence electrons. The summed E-state index contributed by atoms with van der Waals surface area (Å²) >= 11 is 0. The van der Waals surface area contributed by atoms with Crippen molar-refractivity contribution in [1.82, 2.24) is 15.1 Å². The first-order valence-electron chi connectivity index (χ1n) is 7.98. The molecule has 0 aliphatic heterocycles. The van der Waals surface area contributed by atoms with E-state index in [-0.39, 0.29) is 18.4 Å². The minimum atomic E-state index is -0.132. The Morgan fingerprint density at radius 3 is 2.40 bits per heavy atom.